The molecule has 2 rings (SSSR count). The molecular weight excluding hydrogens is 208 g/mol. The Labute approximate surface area is 93.5 Å². The number of phenols is 2. The van der Waals surface area contributed by atoms with Crippen molar-refractivity contribution in [2.45, 2.75) is 32.8 Å². The van der Waals surface area contributed by atoms with Crippen LogP contribution in [-0.4, -0.2) is 22.1 Å². The largest absolute Gasteiger partial charge is 0.507 e. The van der Waals surface area contributed by atoms with Gasteiger partial charge in [-0.2, -0.15) is 0 Å². The van der Waals surface area contributed by atoms with Crippen LogP contribution in [0.3, 0.4) is 0 Å². The molecule has 0 bridgehead atoms. The standard InChI is InChI=1S/C12H14O4/c1-3-7-8(13)5-10(15)11-9(14)4-6(2)16-12(7)11/h5-6,13,15H,3-4H2,1-2H3. The van der Waals surface area contributed by atoms with E-state index in [1.807, 2.05) is 6.92 Å². The van der Waals surface area contributed by atoms with Gasteiger partial charge in [-0.25, -0.2) is 0 Å². The Morgan fingerprint density at radius 3 is 2.75 bits per heavy atom. The summed E-state index contributed by atoms with van der Waals surface area (Å²) in [6.07, 6.45) is 0.592. The van der Waals surface area contributed by atoms with Crippen molar-refractivity contribution in [2.24, 2.45) is 0 Å². The van der Waals surface area contributed by atoms with Crippen molar-refractivity contribution in [2.75, 3.05) is 0 Å². The van der Waals surface area contributed by atoms with Gasteiger partial charge in [-0.3, -0.25) is 4.79 Å². The van der Waals surface area contributed by atoms with E-state index in [9.17, 15) is 15.0 Å². The van der Waals surface area contributed by atoms with Crippen LogP contribution >= 0.6 is 0 Å². The number of aromatic hydroxyl groups is 2. The van der Waals surface area contributed by atoms with Crippen molar-refractivity contribution in [1.82, 2.24) is 0 Å². The lowest BCUT2D eigenvalue weighted by Crippen LogP contribution is -2.25. The van der Waals surface area contributed by atoms with Crippen LogP contribution in [0.15, 0.2) is 6.07 Å². The second-order valence-corrected chi connectivity index (χ2v) is 4.01. The Morgan fingerprint density at radius 1 is 1.44 bits per heavy atom. The molecule has 1 heterocycles. The first-order chi connectivity index (χ1) is 7.54. The number of fused-ring (bicyclic) bond motifs is 1. The second kappa shape index (κ2) is 3.70. The number of carbonyl (C=O) groups is 1. The molecule has 0 saturated carbocycles. The third-order valence-corrected chi connectivity index (χ3v) is 2.76. The van der Waals surface area contributed by atoms with E-state index in [1.54, 1.807) is 6.92 Å². The van der Waals surface area contributed by atoms with Crippen LogP contribution in [0.25, 0.3) is 0 Å². The van der Waals surface area contributed by atoms with Gasteiger partial charge in [0.05, 0.1) is 0 Å². The van der Waals surface area contributed by atoms with Crippen molar-refractivity contribution >= 4 is 5.78 Å². The molecule has 0 spiro atoms. The molecule has 2 N–H and O–H groups in total. The summed E-state index contributed by atoms with van der Waals surface area (Å²) in [6.45, 7) is 3.65. The van der Waals surface area contributed by atoms with E-state index in [0.29, 0.717) is 17.7 Å². The molecule has 16 heavy (non-hydrogen) atoms. The highest BCUT2D eigenvalue weighted by Gasteiger charge is 2.30. The average molecular weight is 222 g/mol. The van der Waals surface area contributed by atoms with Crippen LogP contribution in [0.5, 0.6) is 17.2 Å². The highest BCUT2D eigenvalue weighted by Crippen LogP contribution is 2.42. The smallest absolute Gasteiger partial charge is 0.174 e. The molecule has 0 radical (unpaired) electrons. The molecule has 86 valence electrons. The van der Waals surface area contributed by atoms with Crippen molar-refractivity contribution < 1.29 is 19.7 Å². The van der Waals surface area contributed by atoms with Gasteiger partial charge < -0.3 is 14.9 Å². The van der Waals surface area contributed by atoms with Crippen LogP contribution in [0, 0.1) is 0 Å². The Morgan fingerprint density at radius 2 is 2.12 bits per heavy atom. The lowest BCUT2D eigenvalue weighted by molar-refractivity contribution is 0.0864. The van der Waals surface area contributed by atoms with Crippen LogP contribution in [-0.2, 0) is 6.42 Å². The summed E-state index contributed by atoms with van der Waals surface area (Å²) in [5, 5.41) is 19.3. The summed E-state index contributed by atoms with van der Waals surface area (Å²) in [7, 11) is 0. The summed E-state index contributed by atoms with van der Waals surface area (Å²) in [5.41, 5.74) is 0.778. The van der Waals surface area contributed by atoms with E-state index in [0.717, 1.165) is 0 Å². The zero-order valence-corrected chi connectivity index (χ0v) is 9.28. The normalized spacial score (nSPS) is 19.1. The highest BCUT2D eigenvalue weighted by atomic mass is 16.5. The van der Waals surface area contributed by atoms with Crippen molar-refractivity contribution in [1.29, 1.82) is 0 Å². The first-order valence-corrected chi connectivity index (χ1v) is 5.32. The molecule has 1 unspecified atom stereocenters. The Hall–Kier alpha value is -1.71. The third-order valence-electron chi connectivity index (χ3n) is 2.76. The zero-order valence-electron chi connectivity index (χ0n) is 9.28. The van der Waals surface area contributed by atoms with Crippen molar-refractivity contribution in [3.8, 4) is 17.2 Å². The van der Waals surface area contributed by atoms with E-state index >= 15 is 0 Å². The van der Waals surface area contributed by atoms with Crippen LogP contribution in [0.2, 0.25) is 0 Å². The van der Waals surface area contributed by atoms with Crippen LogP contribution < -0.4 is 4.74 Å². The van der Waals surface area contributed by atoms with Gasteiger partial charge in [0.25, 0.3) is 0 Å². The summed E-state index contributed by atoms with van der Waals surface area (Å²) < 4.78 is 5.55. The number of carbonyl (C=O) groups excluding carboxylic acids is 1. The van der Waals surface area contributed by atoms with Gasteiger partial charge in [-0.05, 0) is 13.3 Å². The van der Waals surface area contributed by atoms with Crippen LogP contribution in [0.1, 0.15) is 36.2 Å². The Kier molecular flexibility index (Phi) is 2.50. The molecule has 4 nitrogen and oxygen atoms in total. The number of ether oxygens (including phenoxy) is 1. The quantitative estimate of drug-likeness (QED) is 0.762. The number of phenolic OH excluding ortho intramolecular Hbond substituents is 2. The number of benzene rings is 1. The minimum atomic E-state index is -0.216. The van der Waals surface area contributed by atoms with Crippen molar-refractivity contribution in [3.63, 3.8) is 0 Å². The van der Waals surface area contributed by atoms with Gasteiger partial charge in [0.1, 0.15) is 28.9 Å². The lowest BCUT2D eigenvalue weighted by atomic mass is 9.96. The lowest BCUT2D eigenvalue weighted by Gasteiger charge is -2.25. The molecule has 1 aromatic carbocycles. The maximum atomic E-state index is 11.8. The van der Waals surface area contributed by atoms with Gasteiger partial charge in [0, 0.05) is 18.1 Å². The summed E-state index contributed by atoms with van der Waals surface area (Å²) in [5.74, 6) is -0.0352. The van der Waals surface area contributed by atoms with Gasteiger partial charge in [0.2, 0.25) is 0 Å². The maximum absolute atomic E-state index is 11.8. The molecule has 0 fully saturated rings. The van der Waals surface area contributed by atoms with Crippen LogP contribution in [0.4, 0.5) is 0 Å². The molecule has 1 aliphatic rings. The Bertz CT molecular complexity index is 451. The number of hydrogen-bond donors (Lipinski definition) is 2. The van der Waals surface area contributed by atoms with E-state index in [-0.39, 0.29) is 35.4 Å². The third kappa shape index (κ3) is 1.50. The predicted octanol–water partition coefficient (Wildman–Crippen LogP) is 2.01. The first kappa shape index (κ1) is 10.8. The van der Waals surface area contributed by atoms with Gasteiger partial charge in [-0.1, -0.05) is 6.92 Å². The fourth-order valence-corrected chi connectivity index (χ4v) is 2.02. The molecule has 0 aromatic heterocycles. The molecular formula is C12H14O4. The summed E-state index contributed by atoms with van der Waals surface area (Å²) in [6, 6.07) is 1.20. The topological polar surface area (TPSA) is 66.8 Å². The summed E-state index contributed by atoms with van der Waals surface area (Å²) >= 11 is 0. The summed E-state index contributed by atoms with van der Waals surface area (Å²) in [4.78, 5) is 11.8. The van der Waals surface area contributed by atoms with Crippen molar-refractivity contribution in [3.05, 3.63) is 17.2 Å². The highest BCUT2D eigenvalue weighted by molar-refractivity contribution is 6.03. The second-order valence-electron chi connectivity index (χ2n) is 4.01. The molecule has 0 amide bonds. The van der Waals surface area contributed by atoms with E-state index in [4.69, 9.17) is 4.74 Å². The SMILES string of the molecule is CCc1c(O)cc(O)c2c1OC(C)CC2=O. The fourth-order valence-electron chi connectivity index (χ4n) is 2.02. The Balaban J connectivity index is 2.69. The molecule has 4 heteroatoms. The predicted molar refractivity (Wildman–Crippen MR) is 58.2 cm³/mol. The van der Waals surface area contributed by atoms with Gasteiger partial charge >= 0.3 is 0 Å². The molecule has 0 aliphatic carbocycles. The number of rotatable bonds is 1. The van der Waals surface area contributed by atoms with Gasteiger partial charge in [-0.15, -0.1) is 0 Å². The molecule has 1 atom stereocenters. The monoisotopic (exact) mass is 222 g/mol. The number of Topliss-reactive ketones (excluding diaryl/α,β-unsaturated/α-hetero) is 1. The fraction of sp³-hybridized carbons (Fsp3) is 0.417. The number of ketones is 1. The molecule has 1 aliphatic heterocycles. The minimum Gasteiger partial charge on any atom is -0.507 e. The minimum absolute atomic E-state index is 0.0272. The van der Waals surface area contributed by atoms with E-state index in [2.05, 4.69) is 0 Å². The first-order valence-electron chi connectivity index (χ1n) is 5.32. The average Bonchev–Trinajstić information content (AvgIpc) is 2.15. The molecule has 0 saturated heterocycles. The maximum Gasteiger partial charge on any atom is 0.174 e. The molecule has 1 aromatic rings. The van der Waals surface area contributed by atoms with E-state index < -0.39 is 0 Å². The zero-order chi connectivity index (χ0) is 11.9. The number of hydrogen-bond acceptors (Lipinski definition) is 4. The van der Waals surface area contributed by atoms with E-state index in [1.165, 1.54) is 6.07 Å². The van der Waals surface area contributed by atoms with Gasteiger partial charge in [0.15, 0.2) is 5.78 Å².